The van der Waals surface area contributed by atoms with Crippen LogP contribution in [0.5, 0.6) is 0 Å². The minimum absolute atomic E-state index is 0.269. The molecule has 0 aliphatic heterocycles. The van der Waals surface area contributed by atoms with Crippen molar-refractivity contribution in [2.75, 3.05) is 7.11 Å². The molecule has 0 aromatic heterocycles. The molecular weight excluding hydrogens is 178 g/mol. The number of rotatable bonds is 2. The molecule has 1 aromatic carbocycles. The first-order chi connectivity index (χ1) is 6.69. The van der Waals surface area contributed by atoms with E-state index in [0.29, 0.717) is 5.56 Å². The molecule has 0 fully saturated rings. The summed E-state index contributed by atoms with van der Waals surface area (Å²) in [5.74, 6) is -0.553. The van der Waals surface area contributed by atoms with Crippen molar-refractivity contribution in [3.63, 3.8) is 0 Å². The number of methoxy groups -OCH3 is 1. The molecule has 0 aliphatic carbocycles. The average Bonchev–Trinajstić information content (AvgIpc) is 2.27. The van der Waals surface area contributed by atoms with E-state index in [2.05, 4.69) is 4.74 Å². The summed E-state index contributed by atoms with van der Waals surface area (Å²) in [6.07, 6.45) is 0. The summed E-state index contributed by atoms with van der Waals surface area (Å²) in [5.41, 5.74) is 1.45. The molecule has 0 saturated heterocycles. The maximum atomic E-state index is 11.2. The molecule has 0 heterocycles. The highest BCUT2D eigenvalue weighted by atomic mass is 16.5. The Bertz CT molecular complexity index is 362. The highest BCUT2D eigenvalue weighted by molar-refractivity contribution is 5.77. The summed E-state index contributed by atoms with van der Waals surface area (Å²) < 4.78 is 4.62. The summed E-state index contributed by atoms with van der Waals surface area (Å²) in [6, 6.07) is 8.93. The van der Waals surface area contributed by atoms with Crippen LogP contribution < -0.4 is 0 Å². The molecule has 3 heteroatoms. The summed E-state index contributed by atoms with van der Waals surface area (Å²) in [4.78, 5) is 11.2. The van der Waals surface area contributed by atoms with Crippen LogP contribution in [-0.4, -0.2) is 13.1 Å². The number of nitriles is 1. The Kier molecular flexibility index (Phi) is 3.24. The molecule has 0 spiro atoms. The molecule has 0 aliphatic rings. The predicted octanol–water partition coefficient (Wildman–Crippen LogP) is 1.83. The van der Waals surface area contributed by atoms with Crippen LogP contribution in [0.4, 0.5) is 0 Å². The Morgan fingerprint density at radius 1 is 1.43 bits per heavy atom. The van der Waals surface area contributed by atoms with Gasteiger partial charge >= 0.3 is 5.97 Å². The number of esters is 1. The zero-order valence-electron chi connectivity index (χ0n) is 8.15. The van der Waals surface area contributed by atoms with E-state index in [1.54, 1.807) is 31.2 Å². The van der Waals surface area contributed by atoms with Gasteiger partial charge in [-0.15, -0.1) is 0 Å². The van der Waals surface area contributed by atoms with E-state index >= 15 is 0 Å². The van der Waals surface area contributed by atoms with Crippen LogP contribution in [0.2, 0.25) is 0 Å². The van der Waals surface area contributed by atoms with Crippen molar-refractivity contribution in [2.45, 2.75) is 12.8 Å². The number of ether oxygens (including phenoxy) is 1. The lowest BCUT2D eigenvalue weighted by Gasteiger charge is -2.08. The number of carbonyl (C=O) groups is 1. The smallest absolute Gasteiger partial charge is 0.312 e. The summed E-state index contributed by atoms with van der Waals surface area (Å²) >= 11 is 0. The second kappa shape index (κ2) is 4.43. The molecule has 0 bridgehead atoms. The molecule has 1 atom stereocenters. The van der Waals surface area contributed by atoms with Gasteiger partial charge in [-0.3, -0.25) is 4.79 Å². The summed E-state index contributed by atoms with van der Waals surface area (Å²) in [5, 5.41) is 8.58. The van der Waals surface area contributed by atoms with E-state index in [1.807, 2.05) is 6.07 Å². The summed E-state index contributed by atoms with van der Waals surface area (Å²) in [6.45, 7) is 1.77. The standard InChI is InChI=1S/C11H11NO2/c1-8(11(13)14-2)10-5-3-9(7-12)4-6-10/h3-6,8H,1-2H3/t8-/m0/s1. The van der Waals surface area contributed by atoms with Crippen molar-refractivity contribution >= 4 is 5.97 Å². The Morgan fingerprint density at radius 3 is 2.43 bits per heavy atom. The molecule has 0 radical (unpaired) electrons. The lowest BCUT2D eigenvalue weighted by molar-refractivity contribution is -0.141. The van der Waals surface area contributed by atoms with E-state index in [1.165, 1.54) is 7.11 Å². The zero-order chi connectivity index (χ0) is 10.6. The highest BCUT2D eigenvalue weighted by Gasteiger charge is 2.14. The third kappa shape index (κ3) is 2.11. The van der Waals surface area contributed by atoms with E-state index < -0.39 is 0 Å². The Hall–Kier alpha value is -1.82. The monoisotopic (exact) mass is 189 g/mol. The first-order valence-electron chi connectivity index (χ1n) is 4.27. The van der Waals surface area contributed by atoms with Crippen LogP contribution in [0.1, 0.15) is 24.0 Å². The number of carbonyl (C=O) groups excluding carboxylic acids is 1. The van der Waals surface area contributed by atoms with Crippen LogP contribution >= 0.6 is 0 Å². The van der Waals surface area contributed by atoms with Gasteiger partial charge in [0, 0.05) is 0 Å². The van der Waals surface area contributed by atoms with Gasteiger partial charge in [0.25, 0.3) is 0 Å². The van der Waals surface area contributed by atoms with Gasteiger partial charge in [-0.25, -0.2) is 0 Å². The second-order valence-corrected chi connectivity index (χ2v) is 2.98. The molecular formula is C11H11NO2. The lowest BCUT2D eigenvalue weighted by atomic mass is 10.0. The molecule has 1 aromatic rings. The fourth-order valence-corrected chi connectivity index (χ4v) is 1.16. The Labute approximate surface area is 82.9 Å². The topological polar surface area (TPSA) is 50.1 Å². The lowest BCUT2D eigenvalue weighted by Crippen LogP contribution is -2.10. The van der Waals surface area contributed by atoms with Crippen LogP contribution in [0.3, 0.4) is 0 Å². The van der Waals surface area contributed by atoms with Crippen LogP contribution in [0.25, 0.3) is 0 Å². The number of hydrogen-bond acceptors (Lipinski definition) is 3. The van der Waals surface area contributed by atoms with E-state index in [9.17, 15) is 4.79 Å². The Morgan fingerprint density at radius 2 is 2.00 bits per heavy atom. The van der Waals surface area contributed by atoms with Crippen LogP contribution in [-0.2, 0) is 9.53 Å². The molecule has 14 heavy (non-hydrogen) atoms. The molecule has 0 N–H and O–H groups in total. The third-order valence-corrected chi connectivity index (χ3v) is 2.09. The normalized spacial score (nSPS) is 11.5. The molecule has 1 rings (SSSR count). The van der Waals surface area contributed by atoms with Crippen molar-refractivity contribution in [3.8, 4) is 6.07 Å². The third-order valence-electron chi connectivity index (χ3n) is 2.09. The first-order valence-corrected chi connectivity index (χ1v) is 4.27. The van der Waals surface area contributed by atoms with E-state index in [4.69, 9.17) is 5.26 Å². The van der Waals surface area contributed by atoms with Gasteiger partial charge < -0.3 is 4.74 Å². The SMILES string of the molecule is COC(=O)[C@@H](C)c1ccc(C#N)cc1. The van der Waals surface area contributed by atoms with Gasteiger partial charge in [-0.05, 0) is 24.6 Å². The zero-order valence-corrected chi connectivity index (χ0v) is 8.15. The van der Waals surface area contributed by atoms with Gasteiger partial charge in [0.05, 0.1) is 24.7 Å². The van der Waals surface area contributed by atoms with Gasteiger partial charge in [0.15, 0.2) is 0 Å². The van der Waals surface area contributed by atoms with Crippen LogP contribution in [0, 0.1) is 11.3 Å². The van der Waals surface area contributed by atoms with E-state index in [0.717, 1.165) is 5.56 Å². The van der Waals surface area contributed by atoms with Crippen molar-refractivity contribution in [3.05, 3.63) is 35.4 Å². The number of hydrogen-bond donors (Lipinski definition) is 0. The highest BCUT2D eigenvalue weighted by Crippen LogP contribution is 2.16. The van der Waals surface area contributed by atoms with E-state index in [-0.39, 0.29) is 11.9 Å². The minimum Gasteiger partial charge on any atom is -0.469 e. The van der Waals surface area contributed by atoms with Gasteiger partial charge in [-0.1, -0.05) is 12.1 Å². The molecule has 0 unspecified atom stereocenters. The Balaban J connectivity index is 2.88. The number of nitrogens with zero attached hydrogens (tertiary/aromatic N) is 1. The van der Waals surface area contributed by atoms with Crippen molar-refractivity contribution in [2.24, 2.45) is 0 Å². The molecule has 0 amide bonds. The van der Waals surface area contributed by atoms with Crippen molar-refractivity contribution in [1.29, 1.82) is 5.26 Å². The second-order valence-electron chi connectivity index (χ2n) is 2.98. The maximum absolute atomic E-state index is 11.2. The number of benzene rings is 1. The predicted molar refractivity (Wildman–Crippen MR) is 51.6 cm³/mol. The summed E-state index contributed by atoms with van der Waals surface area (Å²) in [7, 11) is 1.36. The maximum Gasteiger partial charge on any atom is 0.312 e. The largest absolute Gasteiger partial charge is 0.469 e. The van der Waals surface area contributed by atoms with Gasteiger partial charge in [0.2, 0.25) is 0 Å². The van der Waals surface area contributed by atoms with Crippen LogP contribution in [0.15, 0.2) is 24.3 Å². The quantitative estimate of drug-likeness (QED) is 0.667. The molecule has 0 saturated carbocycles. The average molecular weight is 189 g/mol. The first kappa shape index (κ1) is 10.3. The molecule has 72 valence electrons. The fraction of sp³-hybridized carbons (Fsp3) is 0.273. The van der Waals surface area contributed by atoms with Crippen molar-refractivity contribution < 1.29 is 9.53 Å². The van der Waals surface area contributed by atoms with Gasteiger partial charge in [0.1, 0.15) is 0 Å². The van der Waals surface area contributed by atoms with Gasteiger partial charge in [-0.2, -0.15) is 5.26 Å². The fourth-order valence-electron chi connectivity index (χ4n) is 1.16. The van der Waals surface area contributed by atoms with Crippen molar-refractivity contribution in [1.82, 2.24) is 0 Å². The minimum atomic E-state index is -0.284. The molecule has 3 nitrogen and oxygen atoms in total.